The number of aromatic nitrogens is 1. The van der Waals surface area contributed by atoms with Gasteiger partial charge in [-0.2, -0.15) is 5.26 Å². The lowest BCUT2D eigenvalue weighted by Crippen LogP contribution is -2.36. The van der Waals surface area contributed by atoms with Crippen molar-refractivity contribution in [1.82, 2.24) is 4.98 Å². The summed E-state index contributed by atoms with van der Waals surface area (Å²) in [5.41, 5.74) is 6.32. The molecule has 1 saturated heterocycles. The second kappa shape index (κ2) is 6.43. The minimum atomic E-state index is 0. The van der Waals surface area contributed by atoms with Gasteiger partial charge in [0.05, 0.1) is 5.56 Å². The smallest absolute Gasteiger partial charge is 0.146 e. The number of hydrogen-bond acceptors (Lipinski definition) is 4. The molecular weight excluding hydrogens is 236 g/mol. The molecule has 4 nitrogen and oxygen atoms in total. The first kappa shape index (κ1) is 13.8. The molecule has 1 aromatic rings. The van der Waals surface area contributed by atoms with Crippen molar-refractivity contribution in [2.24, 2.45) is 11.7 Å². The highest BCUT2D eigenvalue weighted by atomic mass is 35.5. The van der Waals surface area contributed by atoms with Gasteiger partial charge in [0.2, 0.25) is 0 Å². The summed E-state index contributed by atoms with van der Waals surface area (Å²) in [5.74, 6) is 1.45. The van der Waals surface area contributed by atoms with E-state index in [1.165, 1.54) is 0 Å². The van der Waals surface area contributed by atoms with Crippen molar-refractivity contribution in [1.29, 1.82) is 5.26 Å². The van der Waals surface area contributed by atoms with Gasteiger partial charge in [-0.05, 0) is 37.4 Å². The van der Waals surface area contributed by atoms with Gasteiger partial charge in [-0.15, -0.1) is 12.4 Å². The lowest BCUT2D eigenvalue weighted by molar-refractivity contribution is 0.413. The summed E-state index contributed by atoms with van der Waals surface area (Å²) >= 11 is 0. The van der Waals surface area contributed by atoms with Gasteiger partial charge >= 0.3 is 0 Å². The Bertz CT molecular complexity index is 394. The Balaban J connectivity index is 0.00000144. The van der Waals surface area contributed by atoms with Gasteiger partial charge in [-0.3, -0.25) is 0 Å². The number of pyridine rings is 1. The van der Waals surface area contributed by atoms with Gasteiger partial charge in [0.15, 0.2) is 0 Å². The van der Waals surface area contributed by atoms with E-state index >= 15 is 0 Å². The number of nitrogens with zero attached hydrogens (tertiary/aromatic N) is 3. The Kier molecular flexibility index (Phi) is 5.20. The highest BCUT2D eigenvalue weighted by Gasteiger charge is 2.20. The van der Waals surface area contributed by atoms with Crippen molar-refractivity contribution in [3.63, 3.8) is 0 Å². The van der Waals surface area contributed by atoms with Crippen LogP contribution in [0.15, 0.2) is 18.3 Å². The number of piperidine rings is 1. The Morgan fingerprint density at radius 1 is 1.47 bits per heavy atom. The van der Waals surface area contributed by atoms with Crippen LogP contribution in [0.5, 0.6) is 0 Å². The first-order valence-corrected chi connectivity index (χ1v) is 5.65. The molecule has 0 spiro atoms. The normalized spacial score (nSPS) is 16.1. The maximum absolute atomic E-state index is 9.01. The summed E-state index contributed by atoms with van der Waals surface area (Å²) in [6, 6.07) is 5.81. The molecule has 2 heterocycles. The third-order valence-corrected chi connectivity index (χ3v) is 3.15. The number of nitrogens with two attached hydrogens (primary N) is 1. The molecule has 0 radical (unpaired) electrons. The Labute approximate surface area is 108 Å². The van der Waals surface area contributed by atoms with Crippen LogP contribution in [0.1, 0.15) is 18.4 Å². The predicted octanol–water partition coefficient (Wildman–Crippen LogP) is 1.55. The molecule has 1 fully saturated rings. The van der Waals surface area contributed by atoms with Crippen LogP contribution in [0.25, 0.3) is 0 Å². The van der Waals surface area contributed by atoms with E-state index in [-0.39, 0.29) is 12.4 Å². The maximum atomic E-state index is 9.01. The zero-order valence-corrected chi connectivity index (χ0v) is 10.5. The van der Waals surface area contributed by atoms with Gasteiger partial charge in [0, 0.05) is 19.3 Å². The lowest BCUT2D eigenvalue weighted by atomic mass is 9.97. The standard InChI is InChI=1S/C12H16N4.ClH/c13-8-10-3-6-16(7-4-10)12-11(9-14)2-1-5-15-12;/h1-2,5,10H,3-4,6-8,13H2;1H. The molecule has 1 aliphatic rings. The molecule has 1 aromatic heterocycles. The molecule has 0 saturated carbocycles. The third kappa shape index (κ3) is 3.09. The second-order valence-electron chi connectivity index (χ2n) is 4.15. The number of nitriles is 1. The molecule has 2 rings (SSSR count). The Morgan fingerprint density at radius 2 is 2.18 bits per heavy atom. The molecule has 0 amide bonds. The molecule has 0 atom stereocenters. The molecule has 0 aromatic carbocycles. The molecular formula is C12H17ClN4. The van der Waals surface area contributed by atoms with Gasteiger partial charge in [0.25, 0.3) is 0 Å². The Morgan fingerprint density at radius 3 is 2.76 bits per heavy atom. The fraction of sp³-hybridized carbons (Fsp3) is 0.500. The maximum Gasteiger partial charge on any atom is 0.146 e. The first-order chi connectivity index (χ1) is 7.85. The van der Waals surface area contributed by atoms with Crippen LogP contribution in [0.3, 0.4) is 0 Å². The molecule has 17 heavy (non-hydrogen) atoms. The molecule has 0 bridgehead atoms. The van der Waals surface area contributed by atoms with Crippen LogP contribution in [-0.4, -0.2) is 24.6 Å². The highest BCUT2D eigenvalue weighted by molar-refractivity contribution is 5.85. The van der Waals surface area contributed by atoms with Crippen LogP contribution in [0.2, 0.25) is 0 Å². The SMILES string of the molecule is Cl.N#Cc1cccnc1N1CCC(CN)CC1. The van der Waals surface area contributed by atoms with Crippen molar-refractivity contribution in [3.8, 4) is 6.07 Å². The van der Waals surface area contributed by atoms with Gasteiger partial charge in [-0.25, -0.2) is 4.98 Å². The van der Waals surface area contributed by atoms with E-state index in [1.54, 1.807) is 12.3 Å². The van der Waals surface area contributed by atoms with Gasteiger partial charge < -0.3 is 10.6 Å². The quantitative estimate of drug-likeness (QED) is 0.867. The Hall–Kier alpha value is -1.31. The number of anilines is 1. The largest absolute Gasteiger partial charge is 0.356 e. The van der Waals surface area contributed by atoms with Crippen LogP contribution >= 0.6 is 12.4 Å². The van der Waals surface area contributed by atoms with E-state index in [2.05, 4.69) is 16.0 Å². The summed E-state index contributed by atoms with van der Waals surface area (Å²) in [6.45, 7) is 2.67. The fourth-order valence-corrected chi connectivity index (χ4v) is 2.12. The average Bonchev–Trinajstić information content (AvgIpc) is 2.39. The third-order valence-electron chi connectivity index (χ3n) is 3.15. The average molecular weight is 253 g/mol. The summed E-state index contributed by atoms with van der Waals surface area (Å²) in [4.78, 5) is 6.48. The summed E-state index contributed by atoms with van der Waals surface area (Å²) < 4.78 is 0. The zero-order valence-electron chi connectivity index (χ0n) is 9.67. The minimum Gasteiger partial charge on any atom is -0.356 e. The highest BCUT2D eigenvalue weighted by Crippen LogP contribution is 2.23. The first-order valence-electron chi connectivity index (χ1n) is 5.65. The molecule has 0 unspecified atom stereocenters. The van der Waals surface area contributed by atoms with E-state index in [4.69, 9.17) is 11.0 Å². The molecule has 0 aliphatic carbocycles. The monoisotopic (exact) mass is 252 g/mol. The molecule has 1 aliphatic heterocycles. The summed E-state index contributed by atoms with van der Waals surface area (Å²) in [5, 5.41) is 9.01. The molecule has 2 N–H and O–H groups in total. The second-order valence-corrected chi connectivity index (χ2v) is 4.15. The van der Waals surface area contributed by atoms with Crippen molar-refractivity contribution < 1.29 is 0 Å². The number of rotatable bonds is 2. The van der Waals surface area contributed by atoms with Gasteiger partial charge in [0.1, 0.15) is 11.9 Å². The van der Waals surface area contributed by atoms with Crippen LogP contribution < -0.4 is 10.6 Å². The van der Waals surface area contributed by atoms with E-state index in [1.807, 2.05) is 6.07 Å². The fourth-order valence-electron chi connectivity index (χ4n) is 2.12. The molecule has 5 heteroatoms. The predicted molar refractivity (Wildman–Crippen MR) is 70.2 cm³/mol. The topological polar surface area (TPSA) is 65.9 Å². The molecule has 92 valence electrons. The zero-order chi connectivity index (χ0) is 11.4. The van der Waals surface area contributed by atoms with Crippen molar-refractivity contribution in [2.75, 3.05) is 24.5 Å². The van der Waals surface area contributed by atoms with Crippen LogP contribution in [0.4, 0.5) is 5.82 Å². The van der Waals surface area contributed by atoms with Crippen LogP contribution in [0, 0.1) is 17.2 Å². The lowest BCUT2D eigenvalue weighted by Gasteiger charge is -2.32. The summed E-state index contributed by atoms with van der Waals surface area (Å²) in [7, 11) is 0. The van der Waals surface area contributed by atoms with Gasteiger partial charge in [-0.1, -0.05) is 0 Å². The van der Waals surface area contributed by atoms with Crippen LogP contribution in [-0.2, 0) is 0 Å². The van der Waals surface area contributed by atoms with Crippen molar-refractivity contribution in [3.05, 3.63) is 23.9 Å². The van der Waals surface area contributed by atoms with E-state index in [0.717, 1.165) is 38.3 Å². The van der Waals surface area contributed by atoms with E-state index < -0.39 is 0 Å². The minimum absolute atomic E-state index is 0. The van der Waals surface area contributed by atoms with Crippen molar-refractivity contribution in [2.45, 2.75) is 12.8 Å². The summed E-state index contributed by atoms with van der Waals surface area (Å²) in [6.07, 6.45) is 3.93. The number of halogens is 1. The van der Waals surface area contributed by atoms with E-state index in [0.29, 0.717) is 11.5 Å². The number of hydrogen-bond donors (Lipinski definition) is 1. The van der Waals surface area contributed by atoms with E-state index in [9.17, 15) is 0 Å². The van der Waals surface area contributed by atoms with Crippen molar-refractivity contribution >= 4 is 18.2 Å².